The molecule has 1 amide bonds. The maximum absolute atomic E-state index is 11.9. The minimum Gasteiger partial charge on any atom is -0.461 e. The molecule has 106 valence electrons. The summed E-state index contributed by atoms with van der Waals surface area (Å²) in [5.74, 6) is 2.33. The second-order valence-corrected chi connectivity index (χ2v) is 5.13. The van der Waals surface area contributed by atoms with Crippen molar-refractivity contribution in [2.45, 2.75) is 19.8 Å². The van der Waals surface area contributed by atoms with E-state index in [-0.39, 0.29) is 11.8 Å². The van der Waals surface area contributed by atoms with Crippen LogP contribution in [0.2, 0.25) is 0 Å². The molecule has 0 atom stereocenters. The third-order valence-corrected chi connectivity index (χ3v) is 3.37. The second kappa shape index (κ2) is 4.41. The number of carbonyl (C=O) groups is 1. The minimum absolute atomic E-state index is 0.00785. The van der Waals surface area contributed by atoms with Crippen LogP contribution in [0.25, 0.3) is 17.2 Å². The highest BCUT2D eigenvalue weighted by molar-refractivity contribution is 5.93. The van der Waals surface area contributed by atoms with E-state index >= 15 is 0 Å². The van der Waals surface area contributed by atoms with Gasteiger partial charge in [0.25, 0.3) is 0 Å². The van der Waals surface area contributed by atoms with Crippen molar-refractivity contribution in [1.29, 1.82) is 0 Å². The normalized spacial score (nSPS) is 14.5. The fourth-order valence-corrected chi connectivity index (χ4v) is 2.20. The van der Waals surface area contributed by atoms with Gasteiger partial charge in [-0.1, -0.05) is 0 Å². The van der Waals surface area contributed by atoms with Gasteiger partial charge in [-0.15, -0.1) is 5.10 Å². The Kier molecular flexibility index (Phi) is 2.53. The third-order valence-electron chi connectivity index (χ3n) is 3.37. The highest BCUT2D eigenvalue weighted by atomic mass is 16.3. The number of furan rings is 1. The fraction of sp³-hybridized carbons (Fsp3) is 0.286. The van der Waals surface area contributed by atoms with E-state index in [0.29, 0.717) is 28.9 Å². The van der Waals surface area contributed by atoms with Crippen molar-refractivity contribution in [3.05, 3.63) is 30.3 Å². The SMILES string of the molecule is Cc1nc2cc(NC(=O)C3CC3)nc(-c3ccco3)n2n1. The molecular formula is C14H13N5O2. The predicted octanol–water partition coefficient (Wildman–Crippen LogP) is 2.04. The van der Waals surface area contributed by atoms with Gasteiger partial charge in [-0.05, 0) is 31.9 Å². The molecule has 0 bridgehead atoms. The Morgan fingerprint density at radius 3 is 3.00 bits per heavy atom. The summed E-state index contributed by atoms with van der Waals surface area (Å²) in [5, 5.41) is 7.14. The molecule has 0 saturated heterocycles. The maximum Gasteiger partial charge on any atom is 0.228 e. The maximum atomic E-state index is 11.9. The van der Waals surface area contributed by atoms with Gasteiger partial charge in [0.05, 0.1) is 6.26 Å². The molecule has 1 aliphatic rings. The lowest BCUT2D eigenvalue weighted by molar-refractivity contribution is -0.117. The zero-order valence-electron chi connectivity index (χ0n) is 11.4. The molecule has 3 heterocycles. The number of anilines is 1. The molecular weight excluding hydrogens is 270 g/mol. The first-order valence-electron chi connectivity index (χ1n) is 6.80. The van der Waals surface area contributed by atoms with Gasteiger partial charge in [-0.25, -0.2) is 9.97 Å². The molecule has 0 spiro atoms. The van der Waals surface area contributed by atoms with Crippen molar-refractivity contribution in [3.8, 4) is 11.6 Å². The monoisotopic (exact) mass is 283 g/mol. The van der Waals surface area contributed by atoms with E-state index in [4.69, 9.17) is 4.42 Å². The number of carbonyl (C=O) groups excluding carboxylic acids is 1. The highest BCUT2D eigenvalue weighted by Crippen LogP contribution is 2.30. The van der Waals surface area contributed by atoms with Crippen LogP contribution < -0.4 is 5.32 Å². The molecule has 0 radical (unpaired) electrons. The van der Waals surface area contributed by atoms with E-state index in [1.54, 1.807) is 35.9 Å². The highest BCUT2D eigenvalue weighted by Gasteiger charge is 2.30. The largest absolute Gasteiger partial charge is 0.461 e. The smallest absolute Gasteiger partial charge is 0.228 e. The lowest BCUT2D eigenvalue weighted by atomic mass is 10.3. The lowest BCUT2D eigenvalue weighted by Crippen LogP contribution is -2.15. The first-order valence-corrected chi connectivity index (χ1v) is 6.80. The molecule has 21 heavy (non-hydrogen) atoms. The topological polar surface area (TPSA) is 85.3 Å². The van der Waals surface area contributed by atoms with Gasteiger partial charge in [-0.2, -0.15) is 4.52 Å². The summed E-state index contributed by atoms with van der Waals surface area (Å²) in [6, 6.07) is 5.29. The first kappa shape index (κ1) is 12.1. The number of aryl methyl sites for hydroxylation is 1. The number of fused-ring (bicyclic) bond motifs is 1. The summed E-state index contributed by atoms with van der Waals surface area (Å²) >= 11 is 0. The Morgan fingerprint density at radius 1 is 1.43 bits per heavy atom. The van der Waals surface area contributed by atoms with E-state index in [9.17, 15) is 4.79 Å². The number of rotatable bonds is 3. The van der Waals surface area contributed by atoms with E-state index in [1.807, 2.05) is 0 Å². The van der Waals surface area contributed by atoms with Crippen LogP contribution in [-0.2, 0) is 4.79 Å². The Balaban J connectivity index is 1.82. The molecule has 1 fully saturated rings. The van der Waals surface area contributed by atoms with Crippen molar-refractivity contribution < 1.29 is 9.21 Å². The Morgan fingerprint density at radius 2 is 2.29 bits per heavy atom. The molecule has 1 N–H and O–H groups in total. The van der Waals surface area contributed by atoms with Crippen LogP contribution in [0.4, 0.5) is 5.82 Å². The van der Waals surface area contributed by atoms with Crippen LogP contribution in [0.15, 0.2) is 28.9 Å². The summed E-state index contributed by atoms with van der Waals surface area (Å²) in [6.45, 7) is 1.81. The quantitative estimate of drug-likeness (QED) is 0.795. The van der Waals surface area contributed by atoms with Gasteiger partial charge >= 0.3 is 0 Å². The van der Waals surface area contributed by atoms with Gasteiger partial charge in [0.2, 0.25) is 11.7 Å². The van der Waals surface area contributed by atoms with E-state index in [0.717, 1.165) is 12.8 Å². The molecule has 1 saturated carbocycles. The van der Waals surface area contributed by atoms with Crippen molar-refractivity contribution in [1.82, 2.24) is 19.6 Å². The molecule has 0 unspecified atom stereocenters. The Hall–Kier alpha value is -2.70. The molecule has 4 rings (SSSR count). The standard InChI is InChI=1S/C14H13N5O2/c1-8-15-12-7-11(17-14(20)9-4-5-9)16-13(19(12)18-8)10-3-2-6-21-10/h2-3,6-7,9H,4-5H2,1H3,(H,17,20). The van der Waals surface area contributed by atoms with Gasteiger partial charge in [0, 0.05) is 12.0 Å². The van der Waals surface area contributed by atoms with E-state index in [2.05, 4.69) is 20.4 Å². The Labute approximate surface area is 120 Å². The van der Waals surface area contributed by atoms with Crippen LogP contribution >= 0.6 is 0 Å². The average molecular weight is 283 g/mol. The molecule has 1 aliphatic carbocycles. The average Bonchev–Trinajstić information content (AvgIpc) is 3.03. The summed E-state index contributed by atoms with van der Waals surface area (Å²) < 4.78 is 7.00. The third kappa shape index (κ3) is 2.16. The zero-order valence-corrected chi connectivity index (χ0v) is 11.4. The number of nitrogens with zero attached hydrogens (tertiary/aromatic N) is 4. The molecule has 7 nitrogen and oxygen atoms in total. The number of amides is 1. The van der Waals surface area contributed by atoms with Crippen LogP contribution in [0.3, 0.4) is 0 Å². The zero-order chi connectivity index (χ0) is 14.4. The lowest BCUT2D eigenvalue weighted by Gasteiger charge is -2.06. The van der Waals surface area contributed by atoms with Gasteiger partial charge in [-0.3, -0.25) is 4.79 Å². The van der Waals surface area contributed by atoms with Crippen LogP contribution in [0.5, 0.6) is 0 Å². The molecule has 3 aromatic rings. The minimum atomic E-state index is 0.00785. The first-order chi connectivity index (χ1) is 10.2. The summed E-state index contributed by atoms with van der Waals surface area (Å²) in [5.41, 5.74) is 0.625. The number of hydrogen-bond donors (Lipinski definition) is 1. The number of nitrogens with one attached hydrogen (secondary N) is 1. The van der Waals surface area contributed by atoms with E-state index < -0.39 is 0 Å². The molecule has 3 aromatic heterocycles. The fourth-order valence-electron chi connectivity index (χ4n) is 2.20. The number of aromatic nitrogens is 4. The Bertz CT molecular complexity index is 817. The molecule has 7 heteroatoms. The van der Waals surface area contributed by atoms with Crippen molar-refractivity contribution in [3.63, 3.8) is 0 Å². The summed E-state index contributed by atoms with van der Waals surface area (Å²) in [6.07, 6.45) is 3.47. The van der Waals surface area contributed by atoms with Crippen LogP contribution in [0.1, 0.15) is 18.7 Å². The molecule has 0 aliphatic heterocycles. The summed E-state index contributed by atoms with van der Waals surface area (Å²) in [7, 11) is 0. The number of hydrogen-bond acceptors (Lipinski definition) is 5. The predicted molar refractivity (Wildman–Crippen MR) is 74.6 cm³/mol. The van der Waals surface area contributed by atoms with Gasteiger partial charge in [0.1, 0.15) is 11.6 Å². The van der Waals surface area contributed by atoms with Crippen molar-refractivity contribution in [2.75, 3.05) is 5.32 Å². The van der Waals surface area contributed by atoms with E-state index in [1.165, 1.54) is 0 Å². The van der Waals surface area contributed by atoms with Crippen LogP contribution in [-0.4, -0.2) is 25.5 Å². The van der Waals surface area contributed by atoms with Gasteiger partial charge < -0.3 is 9.73 Å². The van der Waals surface area contributed by atoms with Gasteiger partial charge in [0.15, 0.2) is 11.4 Å². The second-order valence-electron chi connectivity index (χ2n) is 5.13. The van der Waals surface area contributed by atoms with Crippen LogP contribution in [0, 0.1) is 12.8 Å². The summed E-state index contributed by atoms with van der Waals surface area (Å²) in [4.78, 5) is 20.7. The van der Waals surface area contributed by atoms with Crippen molar-refractivity contribution in [2.24, 2.45) is 5.92 Å². The molecule has 0 aromatic carbocycles. The van der Waals surface area contributed by atoms with Crippen molar-refractivity contribution >= 4 is 17.4 Å².